The van der Waals surface area contributed by atoms with Gasteiger partial charge in [-0.15, -0.1) is 0 Å². The molecule has 0 atom stereocenters. The third-order valence-corrected chi connectivity index (χ3v) is 1.91. The SMILES string of the molecule is CC(C)(O)CN=C1C=C(N)OC1(C)C. The number of hydrogen-bond donors (Lipinski definition) is 2. The lowest BCUT2D eigenvalue weighted by Crippen LogP contribution is -2.31. The Balaban J connectivity index is 2.77. The van der Waals surface area contributed by atoms with Crippen LogP contribution in [0.5, 0.6) is 0 Å². The molecule has 0 spiro atoms. The second-order valence-electron chi connectivity index (χ2n) is 4.67. The molecule has 0 aliphatic carbocycles. The van der Waals surface area contributed by atoms with E-state index in [0.717, 1.165) is 5.71 Å². The number of nitrogens with zero attached hydrogens (tertiary/aromatic N) is 1. The van der Waals surface area contributed by atoms with Gasteiger partial charge in [0.15, 0.2) is 5.88 Å². The normalized spacial score (nSPS) is 23.5. The van der Waals surface area contributed by atoms with Gasteiger partial charge in [-0.2, -0.15) is 0 Å². The Morgan fingerprint density at radius 2 is 2.14 bits per heavy atom. The van der Waals surface area contributed by atoms with Gasteiger partial charge in [-0.25, -0.2) is 0 Å². The fourth-order valence-corrected chi connectivity index (χ4v) is 1.20. The smallest absolute Gasteiger partial charge is 0.187 e. The van der Waals surface area contributed by atoms with Crippen molar-refractivity contribution in [2.45, 2.75) is 38.9 Å². The molecule has 1 rings (SSSR count). The Kier molecular flexibility index (Phi) is 2.58. The van der Waals surface area contributed by atoms with Gasteiger partial charge in [-0.1, -0.05) is 0 Å². The highest BCUT2D eigenvalue weighted by Crippen LogP contribution is 2.23. The third-order valence-electron chi connectivity index (χ3n) is 1.91. The van der Waals surface area contributed by atoms with E-state index >= 15 is 0 Å². The lowest BCUT2D eigenvalue weighted by molar-refractivity contribution is 0.0882. The van der Waals surface area contributed by atoms with Crippen molar-refractivity contribution < 1.29 is 9.84 Å². The summed E-state index contributed by atoms with van der Waals surface area (Å²) >= 11 is 0. The van der Waals surface area contributed by atoms with Crippen LogP contribution >= 0.6 is 0 Å². The Hall–Kier alpha value is -1.03. The second kappa shape index (κ2) is 3.28. The minimum absolute atomic E-state index is 0.346. The summed E-state index contributed by atoms with van der Waals surface area (Å²) in [5.41, 5.74) is 5.04. The zero-order valence-corrected chi connectivity index (χ0v) is 9.16. The van der Waals surface area contributed by atoms with E-state index < -0.39 is 11.2 Å². The molecule has 3 N–H and O–H groups in total. The summed E-state index contributed by atoms with van der Waals surface area (Å²) < 4.78 is 5.35. The van der Waals surface area contributed by atoms with E-state index in [1.54, 1.807) is 19.9 Å². The molecule has 14 heavy (non-hydrogen) atoms. The van der Waals surface area contributed by atoms with Crippen LogP contribution in [-0.4, -0.2) is 28.6 Å². The fraction of sp³-hybridized carbons (Fsp3) is 0.700. The van der Waals surface area contributed by atoms with Gasteiger partial charge in [0.1, 0.15) is 5.60 Å². The number of ether oxygens (including phenoxy) is 1. The third kappa shape index (κ3) is 2.73. The van der Waals surface area contributed by atoms with Gasteiger partial charge in [-0.3, -0.25) is 4.99 Å². The molecule has 0 amide bonds. The van der Waals surface area contributed by atoms with Crippen molar-refractivity contribution in [3.63, 3.8) is 0 Å². The van der Waals surface area contributed by atoms with Crippen LogP contribution in [0.2, 0.25) is 0 Å². The van der Waals surface area contributed by atoms with Crippen molar-refractivity contribution in [1.29, 1.82) is 0 Å². The maximum Gasteiger partial charge on any atom is 0.187 e. The Morgan fingerprint density at radius 1 is 1.57 bits per heavy atom. The van der Waals surface area contributed by atoms with Crippen molar-refractivity contribution in [2.24, 2.45) is 10.7 Å². The molecule has 0 aromatic heterocycles. The van der Waals surface area contributed by atoms with E-state index in [1.807, 2.05) is 13.8 Å². The number of nitrogens with two attached hydrogens (primary N) is 1. The van der Waals surface area contributed by atoms with Crippen LogP contribution in [0, 0.1) is 0 Å². The van der Waals surface area contributed by atoms with E-state index in [1.165, 1.54) is 0 Å². The monoisotopic (exact) mass is 198 g/mol. The predicted molar refractivity (Wildman–Crippen MR) is 56.0 cm³/mol. The number of rotatable bonds is 2. The van der Waals surface area contributed by atoms with Crippen molar-refractivity contribution in [3.05, 3.63) is 12.0 Å². The van der Waals surface area contributed by atoms with Crippen LogP contribution in [-0.2, 0) is 4.74 Å². The number of aliphatic imine (C=N–C) groups is 1. The lowest BCUT2D eigenvalue weighted by atomic mass is 10.0. The Bertz CT molecular complexity index is 285. The summed E-state index contributed by atoms with van der Waals surface area (Å²) in [7, 11) is 0. The van der Waals surface area contributed by atoms with Gasteiger partial charge in [0.05, 0.1) is 17.9 Å². The van der Waals surface area contributed by atoms with Crippen LogP contribution in [0.25, 0.3) is 0 Å². The molecule has 0 aromatic carbocycles. The van der Waals surface area contributed by atoms with E-state index in [9.17, 15) is 5.11 Å². The maximum atomic E-state index is 9.51. The van der Waals surface area contributed by atoms with Gasteiger partial charge in [0.2, 0.25) is 0 Å². The highest BCUT2D eigenvalue weighted by Gasteiger charge is 2.32. The molecule has 4 nitrogen and oxygen atoms in total. The van der Waals surface area contributed by atoms with Crippen LogP contribution in [0.1, 0.15) is 27.7 Å². The van der Waals surface area contributed by atoms with Gasteiger partial charge in [0.25, 0.3) is 0 Å². The molecule has 80 valence electrons. The first kappa shape index (κ1) is 11.0. The van der Waals surface area contributed by atoms with E-state index in [2.05, 4.69) is 4.99 Å². The van der Waals surface area contributed by atoms with E-state index in [0.29, 0.717) is 12.4 Å². The van der Waals surface area contributed by atoms with Crippen LogP contribution in [0.15, 0.2) is 17.0 Å². The van der Waals surface area contributed by atoms with Crippen molar-refractivity contribution in [1.82, 2.24) is 0 Å². The first-order valence-electron chi connectivity index (χ1n) is 4.64. The molecule has 1 aliphatic heterocycles. The highest BCUT2D eigenvalue weighted by atomic mass is 16.5. The zero-order chi connectivity index (χ0) is 11.0. The van der Waals surface area contributed by atoms with Gasteiger partial charge in [-0.05, 0) is 27.7 Å². The maximum absolute atomic E-state index is 9.51. The van der Waals surface area contributed by atoms with Gasteiger partial charge < -0.3 is 15.6 Å². The van der Waals surface area contributed by atoms with Crippen LogP contribution < -0.4 is 5.73 Å². The van der Waals surface area contributed by atoms with Gasteiger partial charge >= 0.3 is 0 Å². The van der Waals surface area contributed by atoms with Gasteiger partial charge in [0, 0.05) is 6.08 Å². The molecule has 0 unspecified atom stereocenters. The number of aliphatic hydroxyl groups is 1. The molecular formula is C10H18N2O2. The summed E-state index contributed by atoms with van der Waals surface area (Å²) in [6, 6.07) is 0. The minimum Gasteiger partial charge on any atom is -0.467 e. The summed E-state index contributed by atoms with van der Waals surface area (Å²) in [4.78, 5) is 4.28. The largest absolute Gasteiger partial charge is 0.467 e. The van der Waals surface area contributed by atoms with Crippen molar-refractivity contribution in [3.8, 4) is 0 Å². The molecule has 0 aromatic rings. The molecule has 0 saturated heterocycles. The average molecular weight is 198 g/mol. The minimum atomic E-state index is -0.797. The van der Waals surface area contributed by atoms with Crippen LogP contribution in [0.3, 0.4) is 0 Å². The molecule has 1 heterocycles. The molecule has 0 fully saturated rings. The quantitative estimate of drug-likeness (QED) is 0.690. The second-order valence-corrected chi connectivity index (χ2v) is 4.67. The standard InChI is InChI=1S/C10H18N2O2/c1-9(2,13)6-12-7-5-8(11)14-10(7,3)4/h5,13H,6,11H2,1-4H3. The highest BCUT2D eigenvalue weighted by molar-refractivity contribution is 6.03. The molecular weight excluding hydrogens is 180 g/mol. The van der Waals surface area contributed by atoms with Crippen molar-refractivity contribution in [2.75, 3.05) is 6.54 Å². The summed E-state index contributed by atoms with van der Waals surface area (Å²) in [6.45, 7) is 7.57. The Morgan fingerprint density at radius 3 is 2.50 bits per heavy atom. The number of hydrogen-bond acceptors (Lipinski definition) is 4. The van der Waals surface area contributed by atoms with E-state index in [-0.39, 0.29) is 0 Å². The van der Waals surface area contributed by atoms with E-state index in [4.69, 9.17) is 10.5 Å². The van der Waals surface area contributed by atoms with Crippen LogP contribution in [0.4, 0.5) is 0 Å². The van der Waals surface area contributed by atoms with Crippen molar-refractivity contribution >= 4 is 5.71 Å². The predicted octanol–water partition coefficient (Wildman–Crippen LogP) is 0.807. The topological polar surface area (TPSA) is 67.8 Å². The summed E-state index contributed by atoms with van der Waals surface area (Å²) in [5, 5.41) is 9.51. The lowest BCUT2D eigenvalue weighted by Gasteiger charge is -2.21. The molecule has 0 bridgehead atoms. The molecule has 0 radical (unpaired) electrons. The molecule has 1 aliphatic rings. The first-order chi connectivity index (χ1) is 6.21. The zero-order valence-electron chi connectivity index (χ0n) is 9.16. The average Bonchev–Trinajstić information content (AvgIpc) is 2.18. The fourth-order valence-electron chi connectivity index (χ4n) is 1.20. The molecule has 4 heteroatoms. The summed E-state index contributed by atoms with van der Waals surface area (Å²) in [6.07, 6.45) is 1.70. The first-order valence-corrected chi connectivity index (χ1v) is 4.64. The summed E-state index contributed by atoms with van der Waals surface area (Å²) in [5.74, 6) is 0.379. The Labute approximate surface area is 84.5 Å². The molecule has 0 saturated carbocycles.